The van der Waals surface area contributed by atoms with Crippen LogP contribution in [0.15, 0.2) is 0 Å². The molecule has 17 heavy (non-hydrogen) atoms. The summed E-state index contributed by atoms with van der Waals surface area (Å²) in [5.74, 6) is 1.67. The lowest BCUT2D eigenvalue weighted by atomic mass is 9.81. The van der Waals surface area contributed by atoms with Gasteiger partial charge in [-0.2, -0.15) is 0 Å². The van der Waals surface area contributed by atoms with Crippen molar-refractivity contribution in [3.05, 3.63) is 0 Å². The fourth-order valence-corrected chi connectivity index (χ4v) is 3.06. The molecule has 1 aliphatic heterocycles. The van der Waals surface area contributed by atoms with Gasteiger partial charge in [0.25, 0.3) is 0 Å². The molecule has 2 rings (SSSR count). The Morgan fingerprint density at radius 2 is 1.71 bits per heavy atom. The van der Waals surface area contributed by atoms with Gasteiger partial charge in [0.1, 0.15) is 0 Å². The van der Waals surface area contributed by atoms with Crippen LogP contribution in [0.2, 0.25) is 0 Å². The second-order valence-corrected chi connectivity index (χ2v) is 6.18. The van der Waals surface area contributed by atoms with Gasteiger partial charge in [-0.15, -0.1) is 0 Å². The molecule has 1 aliphatic carbocycles. The summed E-state index contributed by atoms with van der Waals surface area (Å²) in [4.78, 5) is 0. The van der Waals surface area contributed by atoms with Crippen LogP contribution >= 0.6 is 0 Å². The number of nitrogens with one attached hydrogen (secondary N) is 1. The zero-order chi connectivity index (χ0) is 12.1. The van der Waals surface area contributed by atoms with E-state index < -0.39 is 0 Å². The van der Waals surface area contributed by atoms with E-state index in [4.69, 9.17) is 10.5 Å². The van der Waals surface area contributed by atoms with Gasteiger partial charge in [-0.1, -0.05) is 0 Å². The first kappa shape index (κ1) is 13.3. The molecule has 0 amide bonds. The van der Waals surface area contributed by atoms with Gasteiger partial charge >= 0.3 is 0 Å². The first-order valence-electron chi connectivity index (χ1n) is 7.25. The van der Waals surface area contributed by atoms with Crippen LogP contribution in [0.25, 0.3) is 0 Å². The minimum Gasteiger partial charge on any atom is -0.381 e. The first-order chi connectivity index (χ1) is 8.22. The van der Waals surface area contributed by atoms with Crippen molar-refractivity contribution >= 4 is 0 Å². The fraction of sp³-hybridized carbons (Fsp3) is 1.00. The largest absolute Gasteiger partial charge is 0.381 e. The summed E-state index contributed by atoms with van der Waals surface area (Å²) in [6.45, 7) is 6.26. The maximum Gasteiger partial charge on any atom is 0.0483 e. The van der Waals surface area contributed by atoms with Crippen LogP contribution in [-0.2, 0) is 4.74 Å². The van der Waals surface area contributed by atoms with Crippen molar-refractivity contribution in [1.29, 1.82) is 0 Å². The molecule has 1 saturated heterocycles. The molecule has 2 fully saturated rings. The molecule has 0 radical (unpaired) electrons. The van der Waals surface area contributed by atoms with Gasteiger partial charge in [0.15, 0.2) is 0 Å². The summed E-state index contributed by atoms with van der Waals surface area (Å²) in [6.07, 6.45) is 7.71. The number of ether oxygens (including phenoxy) is 1. The molecule has 3 heteroatoms. The van der Waals surface area contributed by atoms with Crippen molar-refractivity contribution in [3.63, 3.8) is 0 Å². The number of nitrogens with two attached hydrogens (primary N) is 1. The van der Waals surface area contributed by atoms with Crippen LogP contribution in [-0.4, -0.2) is 31.8 Å². The lowest BCUT2D eigenvalue weighted by Gasteiger charge is -2.37. The third kappa shape index (κ3) is 3.94. The lowest BCUT2D eigenvalue weighted by molar-refractivity contribution is 0.0426. The van der Waals surface area contributed by atoms with Gasteiger partial charge in [-0.05, 0) is 70.4 Å². The van der Waals surface area contributed by atoms with Crippen molar-refractivity contribution in [2.45, 2.75) is 51.0 Å². The molecule has 3 nitrogen and oxygen atoms in total. The minimum absolute atomic E-state index is 0.322. The van der Waals surface area contributed by atoms with Gasteiger partial charge in [-0.25, -0.2) is 0 Å². The monoisotopic (exact) mass is 240 g/mol. The van der Waals surface area contributed by atoms with E-state index >= 15 is 0 Å². The van der Waals surface area contributed by atoms with Crippen LogP contribution in [0.5, 0.6) is 0 Å². The second kappa shape index (κ2) is 6.17. The molecule has 0 bridgehead atoms. The van der Waals surface area contributed by atoms with E-state index in [1.54, 1.807) is 0 Å². The van der Waals surface area contributed by atoms with E-state index in [0.29, 0.717) is 5.54 Å². The minimum atomic E-state index is 0.322. The molecule has 100 valence electrons. The smallest absolute Gasteiger partial charge is 0.0483 e. The predicted octanol–water partition coefficient (Wildman–Crippen LogP) is 1.91. The lowest BCUT2D eigenvalue weighted by Crippen LogP contribution is -2.48. The Hall–Kier alpha value is -0.120. The van der Waals surface area contributed by atoms with Gasteiger partial charge in [0.2, 0.25) is 0 Å². The average molecular weight is 240 g/mol. The van der Waals surface area contributed by atoms with E-state index in [0.717, 1.165) is 44.4 Å². The van der Waals surface area contributed by atoms with Crippen molar-refractivity contribution in [2.24, 2.45) is 17.6 Å². The highest BCUT2D eigenvalue weighted by atomic mass is 16.5. The maximum absolute atomic E-state index is 5.73. The van der Waals surface area contributed by atoms with Gasteiger partial charge in [-0.3, -0.25) is 0 Å². The van der Waals surface area contributed by atoms with Gasteiger partial charge in [0, 0.05) is 18.8 Å². The second-order valence-electron chi connectivity index (χ2n) is 6.18. The Bertz CT molecular complexity index is 218. The summed E-state index contributed by atoms with van der Waals surface area (Å²) in [5, 5.41) is 3.79. The molecule has 0 unspecified atom stereocenters. The van der Waals surface area contributed by atoms with Crippen molar-refractivity contribution < 1.29 is 4.74 Å². The van der Waals surface area contributed by atoms with Crippen molar-refractivity contribution in [3.8, 4) is 0 Å². The van der Waals surface area contributed by atoms with Crippen molar-refractivity contribution in [1.82, 2.24) is 5.32 Å². The average Bonchev–Trinajstić information content (AvgIpc) is 2.38. The molecule has 1 heterocycles. The normalized spacial score (nSPS) is 33.5. The van der Waals surface area contributed by atoms with Crippen LogP contribution in [0.1, 0.15) is 45.4 Å². The summed E-state index contributed by atoms with van der Waals surface area (Å²) >= 11 is 0. The summed E-state index contributed by atoms with van der Waals surface area (Å²) in [5.41, 5.74) is 6.05. The summed E-state index contributed by atoms with van der Waals surface area (Å²) in [7, 11) is 0. The Labute approximate surface area is 105 Å². The quantitative estimate of drug-likeness (QED) is 0.789. The summed E-state index contributed by atoms with van der Waals surface area (Å²) < 4.78 is 5.43. The summed E-state index contributed by atoms with van der Waals surface area (Å²) in [6, 6.07) is 0. The molecule has 0 spiro atoms. The Morgan fingerprint density at radius 3 is 2.29 bits per heavy atom. The van der Waals surface area contributed by atoms with Gasteiger partial charge in [0.05, 0.1) is 0 Å². The molecule has 2 aliphatic rings. The fourth-order valence-electron chi connectivity index (χ4n) is 3.06. The zero-order valence-corrected chi connectivity index (χ0v) is 11.2. The maximum atomic E-state index is 5.73. The van der Waals surface area contributed by atoms with Crippen LogP contribution in [0.3, 0.4) is 0 Å². The molecule has 3 N–H and O–H groups in total. The van der Waals surface area contributed by atoms with E-state index in [1.807, 2.05) is 0 Å². The van der Waals surface area contributed by atoms with Crippen LogP contribution < -0.4 is 11.1 Å². The van der Waals surface area contributed by atoms with Crippen LogP contribution in [0.4, 0.5) is 0 Å². The number of hydrogen-bond donors (Lipinski definition) is 2. The van der Waals surface area contributed by atoms with E-state index in [1.165, 1.54) is 32.2 Å². The topological polar surface area (TPSA) is 47.3 Å². The molecule has 0 atom stereocenters. The highest BCUT2D eigenvalue weighted by molar-refractivity contribution is 4.87. The number of hydrogen-bond acceptors (Lipinski definition) is 3. The highest BCUT2D eigenvalue weighted by Crippen LogP contribution is 2.28. The van der Waals surface area contributed by atoms with Crippen molar-refractivity contribution in [2.75, 3.05) is 26.3 Å². The molecule has 1 saturated carbocycles. The Balaban J connectivity index is 1.68. The standard InChI is InChI=1S/C14H28N2O/c1-14(6-8-17-9-7-14)16-11-13-4-2-12(10-15)3-5-13/h12-13,16H,2-11,15H2,1H3. The van der Waals surface area contributed by atoms with E-state index in [-0.39, 0.29) is 0 Å². The third-order valence-electron chi connectivity index (χ3n) is 4.71. The molecular formula is C14H28N2O. The molecule has 0 aromatic rings. The zero-order valence-electron chi connectivity index (χ0n) is 11.2. The van der Waals surface area contributed by atoms with E-state index in [2.05, 4.69) is 12.2 Å². The van der Waals surface area contributed by atoms with Crippen LogP contribution in [0, 0.1) is 11.8 Å². The third-order valence-corrected chi connectivity index (χ3v) is 4.71. The Kier molecular flexibility index (Phi) is 4.83. The predicted molar refractivity (Wildman–Crippen MR) is 71.0 cm³/mol. The number of rotatable bonds is 4. The molecular weight excluding hydrogens is 212 g/mol. The van der Waals surface area contributed by atoms with Gasteiger partial charge < -0.3 is 15.8 Å². The molecule has 0 aromatic heterocycles. The SMILES string of the molecule is CC1(NCC2CCC(CN)CC2)CCOCC1. The first-order valence-corrected chi connectivity index (χ1v) is 7.25. The molecule has 0 aromatic carbocycles. The van der Waals surface area contributed by atoms with E-state index in [9.17, 15) is 0 Å². The Morgan fingerprint density at radius 1 is 1.12 bits per heavy atom. The highest BCUT2D eigenvalue weighted by Gasteiger charge is 2.28.